The normalized spacial score (nSPS) is 19.5. The van der Waals surface area contributed by atoms with Crippen molar-refractivity contribution in [3.8, 4) is 0 Å². The van der Waals surface area contributed by atoms with E-state index in [1.807, 2.05) is 18.5 Å². The van der Waals surface area contributed by atoms with Gasteiger partial charge in [0.15, 0.2) is 0 Å². The van der Waals surface area contributed by atoms with E-state index in [1.54, 1.807) is 6.26 Å². The van der Waals surface area contributed by atoms with Crippen molar-refractivity contribution in [2.45, 2.75) is 18.4 Å². The lowest BCUT2D eigenvalue weighted by molar-refractivity contribution is -0.0353. The van der Waals surface area contributed by atoms with Crippen molar-refractivity contribution < 1.29 is 14.6 Å². The molecule has 2 aromatic rings. The number of aromatic amines is 1. The number of ether oxygens (including phenoxy) is 1. The van der Waals surface area contributed by atoms with Gasteiger partial charge in [-0.15, -0.1) is 0 Å². The van der Waals surface area contributed by atoms with Gasteiger partial charge in [-0.1, -0.05) is 0 Å². The molecule has 21 heavy (non-hydrogen) atoms. The zero-order chi connectivity index (χ0) is 14.4. The minimum atomic E-state index is -0.850. The van der Waals surface area contributed by atoms with Crippen molar-refractivity contribution in [1.29, 1.82) is 0 Å². The number of hydrogen-bond acceptors (Lipinski definition) is 2. The van der Waals surface area contributed by atoms with Crippen LogP contribution in [-0.2, 0) is 10.3 Å². The molecule has 1 aromatic carbocycles. The second kappa shape index (κ2) is 4.28. The third kappa shape index (κ3) is 1.81. The van der Waals surface area contributed by atoms with Crippen molar-refractivity contribution >= 4 is 22.9 Å². The fourth-order valence-corrected chi connectivity index (χ4v) is 3.40. The fraction of sp³-hybridized carbons (Fsp3) is 0.312. The molecule has 2 aliphatic rings. The van der Waals surface area contributed by atoms with Crippen LogP contribution >= 0.6 is 0 Å². The second-order valence-electron chi connectivity index (χ2n) is 5.71. The average Bonchev–Trinajstić information content (AvgIpc) is 2.94. The van der Waals surface area contributed by atoms with E-state index in [0.29, 0.717) is 25.9 Å². The van der Waals surface area contributed by atoms with Gasteiger partial charge in [0.05, 0.1) is 6.26 Å². The summed E-state index contributed by atoms with van der Waals surface area (Å²) in [5.41, 5.74) is 1.95. The summed E-state index contributed by atoms with van der Waals surface area (Å²) in [6.07, 6.45) is 8.22. The van der Waals surface area contributed by atoms with E-state index in [0.717, 1.165) is 10.9 Å². The van der Waals surface area contributed by atoms with Crippen molar-refractivity contribution in [2.24, 2.45) is 0 Å². The van der Waals surface area contributed by atoms with Crippen LogP contribution in [0.1, 0.15) is 24.0 Å². The van der Waals surface area contributed by atoms with Crippen molar-refractivity contribution in [3.05, 3.63) is 41.9 Å². The number of aromatic nitrogens is 1. The minimum Gasteiger partial charge on any atom is -0.490 e. The van der Waals surface area contributed by atoms with Gasteiger partial charge in [-0.2, -0.15) is 0 Å². The molecule has 1 saturated heterocycles. The van der Waals surface area contributed by atoms with Crippen LogP contribution < -0.4 is 0 Å². The number of fused-ring (bicyclic) bond motifs is 3. The first-order valence-electron chi connectivity index (χ1n) is 7.11. The maximum Gasteiger partial charge on any atom is 0.407 e. The Morgan fingerprint density at radius 1 is 1.24 bits per heavy atom. The Morgan fingerprint density at radius 2 is 1.95 bits per heavy atom. The number of piperidine rings is 1. The number of nitrogens with zero attached hydrogens (tertiary/aromatic N) is 1. The van der Waals surface area contributed by atoms with Gasteiger partial charge in [-0.3, -0.25) is 0 Å². The van der Waals surface area contributed by atoms with E-state index >= 15 is 0 Å². The van der Waals surface area contributed by atoms with Gasteiger partial charge in [0.2, 0.25) is 0 Å². The SMILES string of the molecule is O=C(O)N1CCC2(CC1)OC=Cc1cc3c[nH]cc3cc12. The monoisotopic (exact) mass is 284 g/mol. The summed E-state index contributed by atoms with van der Waals surface area (Å²) in [5, 5.41) is 11.4. The Labute approximate surface area is 121 Å². The first kappa shape index (κ1) is 12.3. The van der Waals surface area contributed by atoms with Gasteiger partial charge in [0.25, 0.3) is 0 Å². The van der Waals surface area contributed by atoms with Gasteiger partial charge < -0.3 is 19.7 Å². The molecule has 1 aromatic heterocycles. The first-order chi connectivity index (χ1) is 10.2. The van der Waals surface area contributed by atoms with Crippen LogP contribution in [0.3, 0.4) is 0 Å². The highest BCUT2D eigenvalue weighted by Crippen LogP contribution is 2.43. The Bertz CT molecular complexity index is 739. The molecule has 108 valence electrons. The number of nitrogens with one attached hydrogen (secondary N) is 1. The third-order valence-corrected chi connectivity index (χ3v) is 4.61. The van der Waals surface area contributed by atoms with Crippen LogP contribution in [0.4, 0.5) is 4.79 Å². The molecule has 1 spiro atoms. The molecule has 4 rings (SSSR count). The van der Waals surface area contributed by atoms with Gasteiger partial charge >= 0.3 is 6.09 Å². The van der Waals surface area contributed by atoms with Crippen molar-refractivity contribution in [2.75, 3.05) is 13.1 Å². The molecule has 2 aliphatic heterocycles. The van der Waals surface area contributed by atoms with E-state index in [4.69, 9.17) is 9.84 Å². The summed E-state index contributed by atoms with van der Waals surface area (Å²) in [6.45, 7) is 1.02. The van der Waals surface area contributed by atoms with Gasteiger partial charge in [0, 0.05) is 43.9 Å². The Morgan fingerprint density at radius 3 is 2.67 bits per heavy atom. The summed E-state index contributed by atoms with van der Waals surface area (Å²) >= 11 is 0. The molecule has 0 aliphatic carbocycles. The summed E-state index contributed by atoms with van der Waals surface area (Å²) in [5.74, 6) is 0. The van der Waals surface area contributed by atoms with E-state index in [2.05, 4.69) is 17.1 Å². The molecule has 5 nitrogen and oxygen atoms in total. The summed E-state index contributed by atoms with van der Waals surface area (Å²) in [6, 6.07) is 4.33. The number of carbonyl (C=O) groups is 1. The molecule has 0 saturated carbocycles. The molecule has 0 atom stereocenters. The zero-order valence-corrected chi connectivity index (χ0v) is 11.5. The largest absolute Gasteiger partial charge is 0.490 e. The van der Waals surface area contributed by atoms with Crippen molar-refractivity contribution in [1.82, 2.24) is 9.88 Å². The van der Waals surface area contributed by atoms with Crippen LogP contribution in [0.5, 0.6) is 0 Å². The predicted octanol–water partition coefficient (Wildman–Crippen LogP) is 3.14. The van der Waals surface area contributed by atoms with E-state index in [-0.39, 0.29) is 5.60 Å². The molecule has 5 heteroatoms. The Balaban J connectivity index is 1.76. The summed E-state index contributed by atoms with van der Waals surface area (Å²) < 4.78 is 5.98. The summed E-state index contributed by atoms with van der Waals surface area (Å²) in [4.78, 5) is 15.7. The van der Waals surface area contributed by atoms with E-state index in [9.17, 15) is 4.79 Å². The minimum absolute atomic E-state index is 0.387. The lowest BCUT2D eigenvalue weighted by Crippen LogP contribution is -2.46. The molecular weight excluding hydrogens is 268 g/mol. The van der Waals surface area contributed by atoms with Crippen LogP contribution in [-0.4, -0.2) is 34.2 Å². The van der Waals surface area contributed by atoms with Gasteiger partial charge in [-0.05, 0) is 34.5 Å². The number of carboxylic acid groups (broad SMARTS) is 1. The molecule has 0 unspecified atom stereocenters. The third-order valence-electron chi connectivity index (χ3n) is 4.61. The molecule has 0 radical (unpaired) electrons. The lowest BCUT2D eigenvalue weighted by atomic mass is 9.80. The molecule has 1 amide bonds. The molecule has 3 heterocycles. The Kier molecular flexibility index (Phi) is 2.51. The lowest BCUT2D eigenvalue weighted by Gasteiger charge is -2.42. The number of hydrogen-bond donors (Lipinski definition) is 2. The Hall–Kier alpha value is -2.43. The van der Waals surface area contributed by atoms with Crippen LogP contribution in [0.2, 0.25) is 0 Å². The molecule has 1 fully saturated rings. The number of amides is 1. The highest BCUT2D eigenvalue weighted by Gasteiger charge is 2.41. The average molecular weight is 284 g/mol. The standard InChI is InChI=1S/C16H16N2O3/c19-15(20)18-4-2-16(3-5-18)14-8-13-10-17-9-12(13)7-11(14)1-6-21-16/h1,6-10,17H,2-5H2,(H,19,20). The quantitative estimate of drug-likeness (QED) is 0.781. The van der Waals surface area contributed by atoms with Crippen LogP contribution in [0, 0.1) is 0 Å². The van der Waals surface area contributed by atoms with Crippen molar-refractivity contribution in [3.63, 3.8) is 0 Å². The molecule has 2 N–H and O–H groups in total. The van der Waals surface area contributed by atoms with Gasteiger partial charge in [0.1, 0.15) is 5.60 Å². The second-order valence-corrected chi connectivity index (χ2v) is 5.71. The number of H-pyrrole nitrogens is 1. The fourth-order valence-electron chi connectivity index (χ4n) is 3.40. The number of rotatable bonds is 0. The number of benzene rings is 1. The zero-order valence-electron chi connectivity index (χ0n) is 11.5. The smallest absolute Gasteiger partial charge is 0.407 e. The highest BCUT2D eigenvalue weighted by molar-refractivity contribution is 5.86. The summed E-state index contributed by atoms with van der Waals surface area (Å²) in [7, 11) is 0. The number of likely N-dealkylation sites (tertiary alicyclic amines) is 1. The van der Waals surface area contributed by atoms with E-state index < -0.39 is 6.09 Å². The van der Waals surface area contributed by atoms with Crippen LogP contribution in [0.15, 0.2) is 30.8 Å². The predicted molar refractivity (Wildman–Crippen MR) is 78.9 cm³/mol. The van der Waals surface area contributed by atoms with E-state index in [1.165, 1.54) is 15.8 Å². The van der Waals surface area contributed by atoms with Gasteiger partial charge in [-0.25, -0.2) is 4.79 Å². The molecule has 0 bridgehead atoms. The maximum absolute atomic E-state index is 11.1. The topological polar surface area (TPSA) is 65.6 Å². The highest BCUT2D eigenvalue weighted by atomic mass is 16.5. The maximum atomic E-state index is 11.1. The first-order valence-corrected chi connectivity index (χ1v) is 7.11. The van der Waals surface area contributed by atoms with Crippen LogP contribution in [0.25, 0.3) is 16.8 Å². The molecular formula is C16H16N2O3.